The van der Waals surface area contributed by atoms with Crippen LogP contribution in [-0.2, 0) is 16.6 Å². The van der Waals surface area contributed by atoms with Gasteiger partial charge in [0, 0.05) is 17.0 Å². The summed E-state index contributed by atoms with van der Waals surface area (Å²) in [5.41, 5.74) is 1.04. The first-order valence-corrected chi connectivity index (χ1v) is 5.71. The molecule has 0 spiro atoms. The Hall–Kier alpha value is -1.22. The molecule has 1 aromatic carbocycles. The lowest BCUT2D eigenvalue weighted by atomic mass is 9.90. The van der Waals surface area contributed by atoms with Crippen LogP contribution >= 0.6 is 11.6 Å². The zero-order chi connectivity index (χ0) is 11.3. The third kappa shape index (κ3) is 1.18. The minimum atomic E-state index is -0.769. The minimum Gasteiger partial charge on any atom is -0.493 e. The van der Waals surface area contributed by atoms with Gasteiger partial charge in [0.25, 0.3) is 0 Å². The second-order valence-electron chi connectivity index (χ2n) is 4.38. The Morgan fingerprint density at radius 2 is 2.19 bits per heavy atom. The summed E-state index contributed by atoms with van der Waals surface area (Å²) in [6.45, 7) is 0.623. The summed E-state index contributed by atoms with van der Waals surface area (Å²) in [5, 5.41) is 9.87. The number of rotatable bonds is 2. The van der Waals surface area contributed by atoms with Gasteiger partial charge in [0.15, 0.2) is 0 Å². The summed E-state index contributed by atoms with van der Waals surface area (Å²) < 4.78 is 5.45. The summed E-state index contributed by atoms with van der Waals surface area (Å²) in [5.74, 6) is 0.0293. The fraction of sp³-hybridized carbons (Fsp3) is 0.417. The number of carboxylic acids is 1. The van der Waals surface area contributed by atoms with Crippen LogP contribution in [0.1, 0.15) is 24.0 Å². The van der Waals surface area contributed by atoms with Crippen LogP contribution < -0.4 is 4.74 Å². The molecule has 16 heavy (non-hydrogen) atoms. The van der Waals surface area contributed by atoms with Crippen LogP contribution in [-0.4, -0.2) is 17.7 Å². The van der Waals surface area contributed by atoms with Crippen molar-refractivity contribution in [2.45, 2.75) is 24.7 Å². The third-order valence-corrected chi connectivity index (χ3v) is 3.78. The number of carbonyl (C=O) groups is 1. The molecular weight excluding hydrogens is 228 g/mol. The maximum absolute atomic E-state index is 11.3. The molecule has 1 N–H and O–H groups in total. The number of carboxylic acid groups (broad SMARTS) is 1. The number of fused-ring (bicyclic) bond motifs is 1. The quantitative estimate of drug-likeness (QED) is 0.861. The molecule has 0 radical (unpaired) electrons. The first kappa shape index (κ1) is 9.97. The van der Waals surface area contributed by atoms with Gasteiger partial charge in [-0.25, -0.2) is 0 Å². The van der Waals surface area contributed by atoms with Crippen molar-refractivity contribution < 1.29 is 14.6 Å². The van der Waals surface area contributed by atoms with Gasteiger partial charge in [0.2, 0.25) is 0 Å². The highest BCUT2D eigenvalue weighted by Gasteiger charge is 2.54. The van der Waals surface area contributed by atoms with E-state index in [0.717, 1.165) is 23.3 Å². The molecule has 0 bridgehead atoms. The van der Waals surface area contributed by atoms with Gasteiger partial charge in [-0.1, -0.05) is 11.6 Å². The minimum absolute atomic E-state index is 0.559. The summed E-state index contributed by atoms with van der Waals surface area (Å²) in [7, 11) is 0. The molecule has 0 unspecified atom stereocenters. The van der Waals surface area contributed by atoms with Crippen molar-refractivity contribution in [1.29, 1.82) is 0 Å². The lowest BCUT2D eigenvalue weighted by molar-refractivity contribution is -0.140. The predicted molar refractivity (Wildman–Crippen MR) is 59.2 cm³/mol. The Kier molecular flexibility index (Phi) is 1.96. The van der Waals surface area contributed by atoms with Crippen molar-refractivity contribution in [2.75, 3.05) is 6.61 Å². The second kappa shape index (κ2) is 3.14. The Morgan fingerprint density at radius 3 is 2.81 bits per heavy atom. The molecule has 4 heteroatoms. The van der Waals surface area contributed by atoms with Crippen LogP contribution in [0, 0.1) is 0 Å². The molecule has 0 amide bonds. The largest absolute Gasteiger partial charge is 0.493 e. The number of ether oxygens (including phenoxy) is 1. The lowest BCUT2D eigenvalue weighted by Gasteiger charge is -2.15. The fourth-order valence-electron chi connectivity index (χ4n) is 2.46. The van der Waals surface area contributed by atoms with Crippen LogP contribution in [0.3, 0.4) is 0 Å². The van der Waals surface area contributed by atoms with E-state index in [0.29, 0.717) is 24.5 Å². The van der Waals surface area contributed by atoms with E-state index in [1.165, 1.54) is 0 Å². The smallest absolute Gasteiger partial charge is 0.314 e. The first-order chi connectivity index (χ1) is 7.65. The Labute approximate surface area is 98.0 Å². The molecule has 3 rings (SSSR count). The summed E-state index contributed by atoms with van der Waals surface area (Å²) in [4.78, 5) is 11.3. The molecule has 0 saturated heterocycles. The zero-order valence-electron chi connectivity index (χ0n) is 8.62. The van der Waals surface area contributed by atoms with Crippen LogP contribution in [0.2, 0.25) is 5.02 Å². The zero-order valence-corrected chi connectivity index (χ0v) is 9.38. The Balaban J connectivity index is 2.21. The van der Waals surface area contributed by atoms with Gasteiger partial charge in [0.05, 0.1) is 12.0 Å². The molecule has 0 atom stereocenters. The number of halogens is 1. The third-order valence-electron chi connectivity index (χ3n) is 3.47. The van der Waals surface area contributed by atoms with Gasteiger partial charge >= 0.3 is 5.97 Å². The predicted octanol–water partition coefficient (Wildman–Crippen LogP) is 2.39. The van der Waals surface area contributed by atoms with E-state index in [1.54, 1.807) is 6.07 Å². The van der Waals surface area contributed by atoms with Gasteiger partial charge in [-0.3, -0.25) is 4.79 Å². The lowest BCUT2D eigenvalue weighted by Crippen LogP contribution is -2.21. The Morgan fingerprint density at radius 1 is 1.44 bits per heavy atom. The molecule has 1 heterocycles. The van der Waals surface area contributed by atoms with E-state index in [9.17, 15) is 9.90 Å². The molecule has 1 aromatic rings. The monoisotopic (exact) mass is 238 g/mol. The maximum Gasteiger partial charge on any atom is 0.314 e. The normalized spacial score (nSPS) is 20.1. The molecule has 3 nitrogen and oxygen atoms in total. The van der Waals surface area contributed by atoms with Gasteiger partial charge in [-0.2, -0.15) is 0 Å². The van der Waals surface area contributed by atoms with Crippen LogP contribution in [0.15, 0.2) is 12.1 Å². The molecule has 1 aliphatic carbocycles. The van der Waals surface area contributed by atoms with Gasteiger partial charge in [-0.15, -0.1) is 0 Å². The first-order valence-electron chi connectivity index (χ1n) is 5.33. The van der Waals surface area contributed by atoms with Crippen molar-refractivity contribution >= 4 is 17.6 Å². The van der Waals surface area contributed by atoms with Gasteiger partial charge in [-0.05, 0) is 30.5 Å². The molecular formula is C12H11ClO3. The highest BCUT2D eigenvalue weighted by atomic mass is 35.5. The molecule has 84 valence electrons. The number of hydrogen-bond donors (Lipinski definition) is 1. The van der Waals surface area contributed by atoms with Crippen molar-refractivity contribution in [1.82, 2.24) is 0 Å². The van der Waals surface area contributed by atoms with Crippen molar-refractivity contribution in [3.63, 3.8) is 0 Å². The highest BCUT2D eigenvalue weighted by molar-refractivity contribution is 6.32. The average molecular weight is 239 g/mol. The summed E-state index contributed by atoms with van der Waals surface area (Å²) >= 11 is 6.16. The maximum atomic E-state index is 11.3. The molecule has 1 saturated carbocycles. The van der Waals surface area contributed by atoms with E-state index in [2.05, 4.69) is 0 Å². The Bertz CT molecular complexity index is 477. The van der Waals surface area contributed by atoms with Gasteiger partial charge in [0.1, 0.15) is 5.75 Å². The van der Waals surface area contributed by atoms with E-state index in [1.807, 2.05) is 6.07 Å². The van der Waals surface area contributed by atoms with Crippen LogP contribution in [0.25, 0.3) is 0 Å². The summed E-state index contributed by atoms with van der Waals surface area (Å²) in [6.07, 6.45) is 2.12. The van der Waals surface area contributed by atoms with Crippen LogP contribution in [0.5, 0.6) is 5.75 Å². The average Bonchev–Trinajstić information content (AvgIpc) is 2.90. The van der Waals surface area contributed by atoms with E-state index in [4.69, 9.17) is 16.3 Å². The molecule has 1 fully saturated rings. The van der Waals surface area contributed by atoms with Crippen molar-refractivity contribution in [3.05, 3.63) is 28.3 Å². The molecule has 0 aromatic heterocycles. The topological polar surface area (TPSA) is 46.5 Å². The number of benzene rings is 1. The van der Waals surface area contributed by atoms with Gasteiger partial charge < -0.3 is 9.84 Å². The number of aliphatic carboxylic acids is 1. The highest BCUT2D eigenvalue weighted by Crippen LogP contribution is 2.54. The van der Waals surface area contributed by atoms with E-state index >= 15 is 0 Å². The molecule has 2 aliphatic rings. The van der Waals surface area contributed by atoms with Crippen LogP contribution in [0.4, 0.5) is 0 Å². The van der Waals surface area contributed by atoms with E-state index < -0.39 is 11.4 Å². The standard InChI is InChI=1S/C12H11ClO3/c13-8-1-2-9-7(3-6-16-9)10(8)12(4-5-12)11(14)15/h1-2H,3-6H2,(H,14,15). The van der Waals surface area contributed by atoms with Crippen molar-refractivity contribution in [2.24, 2.45) is 0 Å². The summed E-state index contributed by atoms with van der Waals surface area (Å²) in [6, 6.07) is 3.57. The second-order valence-corrected chi connectivity index (χ2v) is 4.79. The SMILES string of the molecule is O=C(O)C1(c2c(Cl)ccc3c2CCO3)CC1. The fourth-order valence-corrected chi connectivity index (χ4v) is 2.82. The molecule has 1 aliphatic heterocycles. The number of hydrogen-bond acceptors (Lipinski definition) is 2. The van der Waals surface area contributed by atoms with Crippen molar-refractivity contribution in [3.8, 4) is 5.75 Å². The van der Waals surface area contributed by atoms with E-state index in [-0.39, 0.29) is 0 Å².